The standard InChI is InChI=1S/C14H20ClN3/c1-4-6-11(5-2)18-13(8-15)17-12-7-10(3)9-16-14(12)18/h7,9,11H,4-6,8H2,1-3H3. The second-order valence-electron chi connectivity index (χ2n) is 4.74. The molecular formula is C14H20ClN3. The number of pyridine rings is 1. The fraction of sp³-hybridized carbons (Fsp3) is 0.571. The third-order valence-electron chi connectivity index (χ3n) is 3.32. The number of imidazole rings is 1. The van der Waals surface area contributed by atoms with Crippen molar-refractivity contribution in [2.24, 2.45) is 0 Å². The number of fused-ring (bicyclic) bond motifs is 1. The largest absolute Gasteiger partial charge is 0.309 e. The predicted molar refractivity (Wildman–Crippen MR) is 76.1 cm³/mol. The fourth-order valence-corrected chi connectivity index (χ4v) is 2.65. The topological polar surface area (TPSA) is 30.7 Å². The molecule has 0 radical (unpaired) electrons. The number of aryl methyl sites for hydroxylation is 1. The summed E-state index contributed by atoms with van der Waals surface area (Å²) in [5.74, 6) is 1.38. The molecule has 2 heterocycles. The highest BCUT2D eigenvalue weighted by molar-refractivity contribution is 6.16. The number of alkyl halides is 1. The molecule has 3 nitrogen and oxygen atoms in total. The maximum atomic E-state index is 6.03. The lowest BCUT2D eigenvalue weighted by Crippen LogP contribution is -2.11. The lowest BCUT2D eigenvalue weighted by Gasteiger charge is -2.18. The van der Waals surface area contributed by atoms with E-state index in [4.69, 9.17) is 11.6 Å². The Balaban J connectivity index is 2.58. The van der Waals surface area contributed by atoms with Crippen molar-refractivity contribution in [1.29, 1.82) is 0 Å². The van der Waals surface area contributed by atoms with Gasteiger partial charge in [0.2, 0.25) is 0 Å². The molecule has 4 heteroatoms. The molecule has 2 rings (SSSR count). The van der Waals surface area contributed by atoms with Crippen LogP contribution in [0.25, 0.3) is 11.2 Å². The van der Waals surface area contributed by atoms with Gasteiger partial charge in [0.25, 0.3) is 0 Å². The van der Waals surface area contributed by atoms with Crippen LogP contribution in [0.1, 0.15) is 50.5 Å². The van der Waals surface area contributed by atoms with Crippen LogP contribution in [-0.4, -0.2) is 14.5 Å². The van der Waals surface area contributed by atoms with Crippen LogP contribution in [0.15, 0.2) is 12.3 Å². The van der Waals surface area contributed by atoms with E-state index in [1.165, 1.54) is 0 Å². The first-order chi connectivity index (χ1) is 8.71. The Hall–Kier alpha value is -1.09. The van der Waals surface area contributed by atoms with Crippen molar-refractivity contribution in [3.63, 3.8) is 0 Å². The zero-order valence-corrected chi connectivity index (χ0v) is 12.0. The van der Waals surface area contributed by atoms with Crippen LogP contribution < -0.4 is 0 Å². The Morgan fingerprint density at radius 3 is 2.78 bits per heavy atom. The Morgan fingerprint density at radius 1 is 1.39 bits per heavy atom. The monoisotopic (exact) mass is 265 g/mol. The van der Waals surface area contributed by atoms with Crippen molar-refractivity contribution in [3.05, 3.63) is 23.7 Å². The van der Waals surface area contributed by atoms with E-state index in [1.807, 2.05) is 13.1 Å². The van der Waals surface area contributed by atoms with Crippen LogP contribution in [0.2, 0.25) is 0 Å². The first-order valence-corrected chi connectivity index (χ1v) is 7.14. The van der Waals surface area contributed by atoms with Crippen molar-refractivity contribution in [1.82, 2.24) is 14.5 Å². The van der Waals surface area contributed by atoms with Gasteiger partial charge in [-0.25, -0.2) is 9.97 Å². The average molecular weight is 266 g/mol. The highest BCUT2D eigenvalue weighted by Crippen LogP contribution is 2.26. The van der Waals surface area contributed by atoms with E-state index in [-0.39, 0.29) is 0 Å². The molecule has 0 aromatic carbocycles. The van der Waals surface area contributed by atoms with Crippen LogP contribution >= 0.6 is 11.6 Å². The summed E-state index contributed by atoms with van der Waals surface area (Å²) in [4.78, 5) is 9.15. The normalized spacial score (nSPS) is 13.1. The summed E-state index contributed by atoms with van der Waals surface area (Å²) >= 11 is 6.03. The Kier molecular flexibility index (Phi) is 4.23. The van der Waals surface area contributed by atoms with Gasteiger partial charge in [0.15, 0.2) is 5.65 Å². The molecule has 0 aliphatic heterocycles. The van der Waals surface area contributed by atoms with Crippen LogP contribution in [0.4, 0.5) is 0 Å². The minimum atomic E-state index is 0.440. The van der Waals surface area contributed by atoms with Gasteiger partial charge in [0.1, 0.15) is 11.3 Å². The molecule has 98 valence electrons. The van der Waals surface area contributed by atoms with Crippen LogP contribution in [-0.2, 0) is 5.88 Å². The molecule has 2 aromatic heterocycles. The molecule has 0 bridgehead atoms. The number of rotatable bonds is 5. The molecule has 1 atom stereocenters. The van der Waals surface area contributed by atoms with Gasteiger partial charge in [-0.15, -0.1) is 11.6 Å². The van der Waals surface area contributed by atoms with Gasteiger partial charge in [-0.3, -0.25) is 0 Å². The number of halogens is 1. The van der Waals surface area contributed by atoms with Gasteiger partial charge in [0, 0.05) is 12.2 Å². The number of hydrogen-bond acceptors (Lipinski definition) is 2. The van der Waals surface area contributed by atoms with Gasteiger partial charge < -0.3 is 4.57 Å². The second-order valence-corrected chi connectivity index (χ2v) is 5.01. The first kappa shape index (κ1) is 13.3. The van der Waals surface area contributed by atoms with Gasteiger partial charge in [-0.2, -0.15) is 0 Å². The highest BCUT2D eigenvalue weighted by Gasteiger charge is 2.17. The second kappa shape index (κ2) is 5.70. The molecule has 0 N–H and O–H groups in total. The van der Waals surface area contributed by atoms with Crippen molar-refractivity contribution in [3.8, 4) is 0 Å². The lowest BCUT2D eigenvalue weighted by molar-refractivity contribution is 0.446. The smallest absolute Gasteiger partial charge is 0.160 e. The van der Waals surface area contributed by atoms with Crippen LogP contribution in [0, 0.1) is 6.92 Å². The third kappa shape index (κ3) is 2.37. The number of aromatic nitrogens is 3. The quantitative estimate of drug-likeness (QED) is 0.758. The highest BCUT2D eigenvalue weighted by atomic mass is 35.5. The summed E-state index contributed by atoms with van der Waals surface area (Å²) in [6.45, 7) is 6.45. The third-order valence-corrected chi connectivity index (χ3v) is 3.56. The summed E-state index contributed by atoms with van der Waals surface area (Å²) in [6, 6.07) is 2.53. The molecule has 0 spiro atoms. The molecule has 0 saturated heterocycles. The summed E-state index contributed by atoms with van der Waals surface area (Å²) < 4.78 is 2.23. The maximum Gasteiger partial charge on any atom is 0.160 e. The lowest BCUT2D eigenvalue weighted by atomic mass is 10.1. The molecule has 0 fully saturated rings. The molecule has 18 heavy (non-hydrogen) atoms. The molecule has 0 aliphatic rings. The van der Waals surface area contributed by atoms with Gasteiger partial charge in [-0.1, -0.05) is 20.3 Å². The van der Waals surface area contributed by atoms with Gasteiger partial charge >= 0.3 is 0 Å². The summed E-state index contributed by atoms with van der Waals surface area (Å²) in [6.07, 6.45) is 5.28. The summed E-state index contributed by atoms with van der Waals surface area (Å²) in [5.41, 5.74) is 3.06. The SMILES string of the molecule is CCCC(CC)n1c(CCl)nc2cc(C)cnc21. The van der Waals surface area contributed by atoms with E-state index in [0.29, 0.717) is 11.9 Å². The number of hydrogen-bond donors (Lipinski definition) is 0. The van der Waals surface area contributed by atoms with E-state index in [0.717, 1.165) is 41.8 Å². The first-order valence-electron chi connectivity index (χ1n) is 6.60. The predicted octanol–water partition coefficient (Wildman–Crippen LogP) is 4.23. The Bertz CT molecular complexity index is 533. The van der Waals surface area contributed by atoms with Crippen molar-refractivity contribution in [2.45, 2.75) is 52.0 Å². The molecule has 1 unspecified atom stereocenters. The van der Waals surface area contributed by atoms with Crippen molar-refractivity contribution < 1.29 is 0 Å². The van der Waals surface area contributed by atoms with E-state index < -0.39 is 0 Å². The molecule has 0 aliphatic carbocycles. The van der Waals surface area contributed by atoms with E-state index in [1.54, 1.807) is 0 Å². The average Bonchev–Trinajstić information content (AvgIpc) is 2.73. The van der Waals surface area contributed by atoms with Crippen molar-refractivity contribution in [2.75, 3.05) is 0 Å². The maximum absolute atomic E-state index is 6.03. The van der Waals surface area contributed by atoms with Crippen molar-refractivity contribution >= 4 is 22.8 Å². The zero-order valence-electron chi connectivity index (χ0n) is 11.3. The summed E-state index contributed by atoms with van der Waals surface area (Å²) in [5, 5.41) is 0. The molecule has 2 aromatic rings. The van der Waals surface area contributed by atoms with Crippen LogP contribution in [0.3, 0.4) is 0 Å². The van der Waals surface area contributed by atoms with Gasteiger partial charge in [-0.05, 0) is 31.4 Å². The molecule has 0 saturated carbocycles. The fourth-order valence-electron chi connectivity index (χ4n) is 2.46. The summed E-state index contributed by atoms with van der Waals surface area (Å²) in [7, 11) is 0. The Morgan fingerprint density at radius 2 is 2.17 bits per heavy atom. The molecule has 0 amide bonds. The number of nitrogens with zero attached hydrogens (tertiary/aromatic N) is 3. The van der Waals surface area contributed by atoms with Gasteiger partial charge in [0.05, 0.1) is 5.88 Å². The minimum Gasteiger partial charge on any atom is -0.309 e. The van der Waals surface area contributed by atoms with E-state index in [9.17, 15) is 0 Å². The van der Waals surface area contributed by atoms with E-state index >= 15 is 0 Å². The minimum absolute atomic E-state index is 0.440. The van der Waals surface area contributed by atoms with E-state index in [2.05, 4.69) is 34.4 Å². The Labute approximate surface area is 113 Å². The molecular weight excluding hydrogens is 246 g/mol. The van der Waals surface area contributed by atoms with Crippen LogP contribution in [0.5, 0.6) is 0 Å². The zero-order chi connectivity index (χ0) is 13.1.